The van der Waals surface area contributed by atoms with Gasteiger partial charge < -0.3 is 4.90 Å². The third-order valence-corrected chi connectivity index (χ3v) is 5.04. The zero-order chi connectivity index (χ0) is 17.9. The van der Waals surface area contributed by atoms with E-state index < -0.39 is 10.0 Å². The van der Waals surface area contributed by atoms with Crippen molar-refractivity contribution in [2.75, 3.05) is 19.3 Å². The average Bonchev–Trinajstić information content (AvgIpc) is 3.10. The molecule has 2 N–H and O–H groups in total. The number of rotatable bonds is 5. The number of nitrogens with zero attached hydrogens (tertiary/aromatic N) is 2. The molecule has 0 spiro atoms. The van der Waals surface area contributed by atoms with Gasteiger partial charge in [0.05, 0.1) is 11.9 Å². The molecule has 1 atom stereocenters. The first-order chi connectivity index (χ1) is 11.9. The summed E-state index contributed by atoms with van der Waals surface area (Å²) in [6.07, 6.45) is 3.82. The van der Waals surface area contributed by atoms with Crippen molar-refractivity contribution in [3.8, 4) is 11.3 Å². The number of hydrogen-bond acceptors (Lipinski definition) is 4. The first kappa shape index (κ1) is 17.6. The zero-order valence-electron chi connectivity index (χ0n) is 14.1. The molecule has 134 valence electrons. The van der Waals surface area contributed by atoms with Gasteiger partial charge in [-0.25, -0.2) is 13.1 Å². The van der Waals surface area contributed by atoms with E-state index in [4.69, 9.17) is 0 Å². The lowest BCUT2D eigenvalue weighted by molar-refractivity contribution is 0.0612. The van der Waals surface area contributed by atoms with Gasteiger partial charge >= 0.3 is 0 Å². The summed E-state index contributed by atoms with van der Waals surface area (Å²) in [5.41, 5.74) is 2.07. The van der Waals surface area contributed by atoms with E-state index in [1.54, 1.807) is 11.0 Å². The van der Waals surface area contributed by atoms with Crippen molar-refractivity contribution < 1.29 is 13.2 Å². The Bertz CT molecular complexity index is 833. The summed E-state index contributed by atoms with van der Waals surface area (Å²) in [5, 5.41) is 7.04. The van der Waals surface area contributed by atoms with Crippen LogP contribution in [0.5, 0.6) is 0 Å². The van der Waals surface area contributed by atoms with E-state index in [1.165, 1.54) is 0 Å². The molecule has 2 heterocycles. The minimum Gasteiger partial charge on any atom is -0.333 e. The summed E-state index contributed by atoms with van der Waals surface area (Å²) in [4.78, 5) is 14.6. The van der Waals surface area contributed by atoms with Gasteiger partial charge in [0.1, 0.15) is 5.69 Å². The Morgan fingerprint density at radius 3 is 2.80 bits per heavy atom. The molecule has 0 bridgehead atoms. The van der Waals surface area contributed by atoms with Crippen LogP contribution < -0.4 is 4.72 Å². The lowest BCUT2D eigenvalue weighted by atomic mass is 10.0. The molecular formula is C17H22N4O3S. The number of carbonyl (C=O) groups is 1. The first-order valence-corrected chi connectivity index (χ1v) is 10.2. The van der Waals surface area contributed by atoms with Crippen LogP contribution in [0.1, 0.15) is 29.8 Å². The third-order valence-electron chi connectivity index (χ3n) is 4.35. The fourth-order valence-corrected chi connectivity index (χ4v) is 3.57. The van der Waals surface area contributed by atoms with Crippen LogP contribution in [-0.4, -0.2) is 54.8 Å². The summed E-state index contributed by atoms with van der Waals surface area (Å²) in [7, 11) is -3.28. The molecule has 2 aromatic rings. The Morgan fingerprint density at radius 2 is 2.08 bits per heavy atom. The van der Waals surface area contributed by atoms with Crippen LogP contribution in [0.2, 0.25) is 0 Å². The molecule has 1 aromatic heterocycles. The van der Waals surface area contributed by atoms with Crippen LogP contribution in [0.4, 0.5) is 0 Å². The summed E-state index contributed by atoms with van der Waals surface area (Å²) >= 11 is 0. The van der Waals surface area contributed by atoms with Gasteiger partial charge in [-0.2, -0.15) is 5.10 Å². The second-order valence-corrected chi connectivity index (χ2v) is 8.13. The van der Waals surface area contributed by atoms with Crippen molar-refractivity contribution in [1.29, 1.82) is 0 Å². The van der Waals surface area contributed by atoms with E-state index in [1.807, 2.05) is 30.3 Å². The summed E-state index contributed by atoms with van der Waals surface area (Å²) in [6, 6.07) is 11.2. The smallest absolute Gasteiger partial charge is 0.272 e. The van der Waals surface area contributed by atoms with Gasteiger partial charge in [-0.05, 0) is 25.3 Å². The number of H-pyrrole nitrogens is 1. The highest BCUT2D eigenvalue weighted by Crippen LogP contribution is 2.22. The van der Waals surface area contributed by atoms with Gasteiger partial charge in [0.25, 0.3) is 5.91 Å². The lowest BCUT2D eigenvalue weighted by Gasteiger charge is -2.35. The van der Waals surface area contributed by atoms with Gasteiger partial charge in [-0.15, -0.1) is 0 Å². The Morgan fingerprint density at radius 1 is 1.32 bits per heavy atom. The van der Waals surface area contributed by atoms with E-state index in [9.17, 15) is 13.2 Å². The number of nitrogens with one attached hydrogen (secondary N) is 2. The fourth-order valence-electron chi connectivity index (χ4n) is 3.07. The van der Waals surface area contributed by atoms with Crippen LogP contribution >= 0.6 is 0 Å². The van der Waals surface area contributed by atoms with E-state index >= 15 is 0 Å². The molecule has 25 heavy (non-hydrogen) atoms. The maximum atomic E-state index is 12.9. The molecule has 1 aliphatic rings. The van der Waals surface area contributed by atoms with Crippen molar-refractivity contribution in [2.24, 2.45) is 0 Å². The number of sulfonamides is 1. The normalized spacial score (nSPS) is 18.3. The number of hydrogen-bond donors (Lipinski definition) is 2. The molecule has 1 fully saturated rings. The average molecular weight is 362 g/mol. The second kappa shape index (κ2) is 7.37. The standard InChI is InChI=1S/C17H22N4O3S/c1-25(23,24)18-12-14-9-5-6-10-21(14)17(22)16-11-15(19-20-16)13-7-3-2-4-8-13/h2-4,7-8,11,14,18H,5-6,9-10,12H2,1H3,(H,19,20). The minimum absolute atomic E-state index is 0.139. The van der Waals surface area contributed by atoms with Crippen LogP contribution in [0.3, 0.4) is 0 Å². The Labute approximate surface area is 147 Å². The number of likely N-dealkylation sites (tertiary alicyclic amines) is 1. The molecule has 8 heteroatoms. The largest absolute Gasteiger partial charge is 0.333 e. The van der Waals surface area contributed by atoms with E-state index in [0.29, 0.717) is 17.9 Å². The van der Waals surface area contributed by atoms with Crippen molar-refractivity contribution >= 4 is 15.9 Å². The van der Waals surface area contributed by atoms with Gasteiger partial charge in [0, 0.05) is 24.7 Å². The van der Waals surface area contributed by atoms with Crippen molar-refractivity contribution in [3.63, 3.8) is 0 Å². The van der Waals surface area contributed by atoms with Gasteiger partial charge in [-0.1, -0.05) is 30.3 Å². The Balaban J connectivity index is 1.75. The number of piperidine rings is 1. The number of aromatic nitrogens is 2. The SMILES string of the molecule is CS(=O)(=O)NCC1CCCCN1C(=O)c1cc(-c2ccccc2)n[nH]1. The molecule has 0 radical (unpaired) electrons. The molecule has 1 aliphatic heterocycles. The van der Waals surface area contributed by atoms with Crippen molar-refractivity contribution in [3.05, 3.63) is 42.1 Å². The highest BCUT2D eigenvalue weighted by molar-refractivity contribution is 7.88. The van der Waals surface area contributed by atoms with Crippen LogP contribution in [0, 0.1) is 0 Å². The molecule has 1 amide bonds. The molecule has 1 saturated heterocycles. The zero-order valence-corrected chi connectivity index (χ0v) is 14.9. The van der Waals surface area contributed by atoms with Crippen molar-refractivity contribution in [2.45, 2.75) is 25.3 Å². The minimum atomic E-state index is -3.28. The predicted octanol–water partition coefficient (Wildman–Crippen LogP) is 1.62. The first-order valence-electron chi connectivity index (χ1n) is 8.30. The predicted molar refractivity (Wildman–Crippen MR) is 95.5 cm³/mol. The maximum Gasteiger partial charge on any atom is 0.272 e. The second-order valence-electron chi connectivity index (χ2n) is 6.30. The summed E-state index contributed by atoms with van der Waals surface area (Å²) in [5.74, 6) is -0.144. The quantitative estimate of drug-likeness (QED) is 0.845. The number of amides is 1. The molecule has 0 aliphatic carbocycles. The van der Waals surface area contributed by atoms with Gasteiger partial charge in [-0.3, -0.25) is 9.89 Å². The molecule has 3 rings (SSSR count). The molecule has 1 aromatic carbocycles. The topological polar surface area (TPSA) is 95.2 Å². The van der Waals surface area contributed by atoms with Gasteiger partial charge in [0.2, 0.25) is 10.0 Å². The summed E-state index contributed by atoms with van der Waals surface area (Å²) in [6.45, 7) is 0.860. The molecule has 0 saturated carbocycles. The van der Waals surface area contributed by atoms with Crippen molar-refractivity contribution in [1.82, 2.24) is 19.8 Å². The van der Waals surface area contributed by atoms with Gasteiger partial charge in [0.15, 0.2) is 0 Å². The van der Waals surface area contributed by atoms with E-state index in [0.717, 1.165) is 31.1 Å². The Hall–Kier alpha value is -2.19. The summed E-state index contributed by atoms with van der Waals surface area (Å²) < 4.78 is 25.2. The maximum absolute atomic E-state index is 12.9. The third kappa shape index (κ3) is 4.46. The van der Waals surface area contributed by atoms with Crippen LogP contribution in [-0.2, 0) is 10.0 Å². The Kier molecular flexibility index (Phi) is 5.19. The molecule has 7 nitrogen and oxygen atoms in total. The number of benzene rings is 1. The highest BCUT2D eigenvalue weighted by Gasteiger charge is 2.29. The molecule has 1 unspecified atom stereocenters. The van der Waals surface area contributed by atoms with Crippen LogP contribution in [0.25, 0.3) is 11.3 Å². The number of carbonyl (C=O) groups excluding carboxylic acids is 1. The highest BCUT2D eigenvalue weighted by atomic mass is 32.2. The lowest BCUT2D eigenvalue weighted by Crippen LogP contribution is -2.49. The molecular weight excluding hydrogens is 340 g/mol. The van der Waals surface area contributed by atoms with E-state index in [-0.39, 0.29) is 18.5 Å². The monoisotopic (exact) mass is 362 g/mol. The fraction of sp³-hybridized carbons (Fsp3) is 0.412. The number of aromatic amines is 1. The van der Waals surface area contributed by atoms with Crippen LogP contribution in [0.15, 0.2) is 36.4 Å². The van der Waals surface area contributed by atoms with E-state index in [2.05, 4.69) is 14.9 Å².